The van der Waals surface area contributed by atoms with E-state index in [1.807, 2.05) is 13.0 Å². The van der Waals surface area contributed by atoms with E-state index in [2.05, 4.69) is 4.98 Å². The summed E-state index contributed by atoms with van der Waals surface area (Å²) in [6, 6.07) is 7.94. The Morgan fingerprint density at radius 2 is 2.17 bits per heavy atom. The lowest BCUT2D eigenvalue weighted by Crippen LogP contribution is -2.46. The molecule has 24 heavy (non-hydrogen) atoms. The zero-order valence-corrected chi connectivity index (χ0v) is 13.5. The van der Waals surface area contributed by atoms with Gasteiger partial charge in [-0.05, 0) is 49.9 Å². The molecule has 5 nitrogen and oxygen atoms in total. The maximum atomic E-state index is 13.4. The summed E-state index contributed by atoms with van der Waals surface area (Å²) in [5.74, 6) is -1.02. The Morgan fingerprint density at radius 3 is 2.83 bits per heavy atom. The number of likely N-dealkylation sites (tertiary alicyclic amines) is 1. The van der Waals surface area contributed by atoms with Crippen molar-refractivity contribution in [1.29, 1.82) is 0 Å². The van der Waals surface area contributed by atoms with Crippen molar-refractivity contribution >= 4 is 11.8 Å². The van der Waals surface area contributed by atoms with Crippen LogP contribution in [0.5, 0.6) is 0 Å². The number of amides is 2. The first-order valence-corrected chi connectivity index (χ1v) is 7.94. The Bertz CT molecular complexity index is 786. The molecule has 1 aromatic carbocycles. The third kappa shape index (κ3) is 3.04. The minimum atomic E-state index is -0.575. The quantitative estimate of drug-likeness (QED) is 0.904. The molecular formula is C18H20FN3O2. The van der Waals surface area contributed by atoms with Gasteiger partial charge in [-0.15, -0.1) is 0 Å². The maximum Gasteiger partial charge on any atom is 0.270 e. The molecule has 1 aromatic heterocycles. The van der Waals surface area contributed by atoms with Crippen LogP contribution in [0.3, 0.4) is 0 Å². The maximum absolute atomic E-state index is 13.4. The number of aromatic amines is 1. The predicted molar refractivity (Wildman–Crippen MR) is 88.1 cm³/mol. The smallest absolute Gasteiger partial charge is 0.270 e. The zero-order valence-electron chi connectivity index (χ0n) is 13.5. The molecule has 1 aliphatic heterocycles. The second-order valence-corrected chi connectivity index (χ2v) is 6.53. The first kappa shape index (κ1) is 16.2. The number of primary amides is 1. The van der Waals surface area contributed by atoms with Gasteiger partial charge in [-0.1, -0.05) is 12.1 Å². The molecule has 1 fully saturated rings. The lowest BCUT2D eigenvalue weighted by molar-refractivity contribution is 0.0619. The molecule has 0 radical (unpaired) electrons. The molecule has 3 N–H and O–H groups in total. The summed E-state index contributed by atoms with van der Waals surface area (Å²) >= 11 is 0. The summed E-state index contributed by atoms with van der Waals surface area (Å²) in [5, 5.41) is 0. The molecule has 1 atom stereocenters. The summed E-state index contributed by atoms with van der Waals surface area (Å²) < 4.78 is 13.4. The van der Waals surface area contributed by atoms with Crippen LogP contribution in [-0.2, 0) is 6.42 Å². The number of H-pyrrole nitrogens is 1. The highest BCUT2D eigenvalue weighted by Crippen LogP contribution is 2.33. The molecule has 0 aliphatic carbocycles. The number of halogens is 1. The number of aromatic nitrogens is 1. The van der Waals surface area contributed by atoms with Crippen LogP contribution in [-0.4, -0.2) is 33.8 Å². The molecule has 0 unspecified atom stereocenters. The molecule has 126 valence electrons. The predicted octanol–water partition coefficient (Wildman–Crippen LogP) is 2.49. The number of benzene rings is 1. The molecule has 2 heterocycles. The summed E-state index contributed by atoms with van der Waals surface area (Å²) in [6.07, 6.45) is 3.76. The van der Waals surface area contributed by atoms with Gasteiger partial charge in [-0.3, -0.25) is 9.59 Å². The number of hydrogen-bond acceptors (Lipinski definition) is 2. The number of rotatable bonds is 4. The van der Waals surface area contributed by atoms with E-state index in [1.54, 1.807) is 11.0 Å². The van der Waals surface area contributed by atoms with Gasteiger partial charge in [-0.2, -0.15) is 0 Å². The fourth-order valence-corrected chi connectivity index (χ4v) is 3.45. The summed E-state index contributed by atoms with van der Waals surface area (Å²) in [4.78, 5) is 28.6. The van der Waals surface area contributed by atoms with Crippen molar-refractivity contribution in [3.63, 3.8) is 0 Å². The highest BCUT2D eigenvalue weighted by Gasteiger charge is 2.40. The molecule has 1 aliphatic rings. The minimum absolute atomic E-state index is 0.168. The van der Waals surface area contributed by atoms with Crippen LogP contribution < -0.4 is 5.73 Å². The molecule has 0 saturated carbocycles. The number of carbonyl (C=O) groups is 2. The second kappa shape index (κ2) is 6.11. The van der Waals surface area contributed by atoms with E-state index < -0.39 is 5.91 Å². The average Bonchev–Trinajstić information content (AvgIpc) is 3.13. The molecule has 1 saturated heterocycles. The molecule has 0 bridgehead atoms. The van der Waals surface area contributed by atoms with Gasteiger partial charge in [0.05, 0.1) is 5.56 Å². The van der Waals surface area contributed by atoms with Gasteiger partial charge in [0, 0.05) is 18.3 Å². The third-order valence-electron chi connectivity index (χ3n) is 4.67. The van der Waals surface area contributed by atoms with E-state index in [4.69, 9.17) is 5.73 Å². The Kier molecular flexibility index (Phi) is 4.13. The highest BCUT2D eigenvalue weighted by atomic mass is 19.1. The first-order valence-electron chi connectivity index (χ1n) is 7.94. The molecule has 3 rings (SSSR count). The number of nitrogens with two attached hydrogens (primary N) is 1. The fraction of sp³-hybridized carbons (Fsp3) is 0.333. The normalized spacial score (nSPS) is 20.3. The van der Waals surface area contributed by atoms with Crippen LogP contribution in [0.4, 0.5) is 4.39 Å². The number of nitrogens with one attached hydrogen (secondary N) is 1. The second-order valence-electron chi connectivity index (χ2n) is 6.53. The Labute approximate surface area is 139 Å². The standard InChI is InChI=1S/C18H20FN3O2/c1-18(10-12-4-2-5-14(19)8-12)6-3-7-22(18)17(24)15-9-13(11-21-15)16(20)23/h2,4-5,8-9,11,21H,3,6-7,10H2,1H3,(H2,20,23)/t18-/m1/s1. The van der Waals surface area contributed by atoms with Gasteiger partial charge in [0.25, 0.3) is 5.91 Å². The van der Waals surface area contributed by atoms with E-state index >= 15 is 0 Å². The van der Waals surface area contributed by atoms with Crippen molar-refractivity contribution in [1.82, 2.24) is 9.88 Å². The van der Waals surface area contributed by atoms with Crippen LogP contribution in [0.1, 0.15) is 46.2 Å². The summed E-state index contributed by atoms with van der Waals surface area (Å²) in [6.45, 7) is 2.65. The first-order chi connectivity index (χ1) is 11.4. The van der Waals surface area contributed by atoms with E-state index in [-0.39, 0.29) is 22.8 Å². The Balaban J connectivity index is 1.83. The van der Waals surface area contributed by atoms with Crippen LogP contribution >= 0.6 is 0 Å². The highest BCUT2D eigenvalue weighted by molar-refractivity contribution is 5.98. The minimum Gasteiger partial charge on any atom is -0.366 e. The monoisotopic (exact) mass is 329 g/mol. The third-order valence-corrected chi connectivity index (χ3v) is 4.67. The van der Waals surface area contributed by atoms with Gasteiger partial charge in [0.2, 0.25) is 5.91 Å². The van der Waals surface area contributed by atoms with E-state index in [1.165, 1.54) is 24.4 Å². The van der Waals surface area contributed by atoms with E-state index in [0.717, 1.165) is 18.4 Å². The van der Waals surface area contributed by atoms with Crippen molar-refractivity contribution in [3.05, 3.63) is 59.2 Å². The van der Waals surface area contributed by atoms with Crippen molar-refractivity contribution in [2.75, 3.05) is 6.54 Å². The van der Waals surface area contributed by atoms with Crippen molar-refractivity contribution in [2.24, 2.45) is 5.73 Å². The van der Waals surface area contributed by atoms with Gasteiger partial charge < -0.3 is 15.6 Å². The summed E-state index contributed by atoms with van der Waals surface area (Å²) in [7, 11) is 0. The van der Waals surface area contributed by atoms with Gasteiger partial charge in [0.1, 0.15) is 11.5 Å². The van der Waals surface area contributed by atoms with Gasteiger partial charge in [0.15, 0.2) is 0 Å². The Hall–Kier alpha value is -2.63. The largest absolute Gasteiger partial charge is 0.366 e. The van der Waals surface area contributed by atoms with Crippen molar-refractivity contribution < 1.29 is 14.0 Å². The van der Waals surface area contributed by atoms with Gasteiger partial charge >= 0.3 is 0 Å². The lowest BCUT2D eigenvalue weighted by Gasteiger charge is -2.35. The molecule has 2 aromatic rings. The van der Waals surface area contributed by atoms with Crippen LogP contribution in [0.25, 0.3) is 0 Å². The van der Waals surface area contributed by atoms with Crippen LogP contribution in [0, 0.1) is 5.82 Å². The lowest BCUT2D eigenvalue weighted by atomic mass is 9.90. The SMILES string of the molecule is C[C@]1(Cc2cccc(F)c2)CCCN1C(=O)c1cc(C(N)=O)c[nH]1. The average molecular weight is 329 g/mol. The van der Waals surface area contributed by atoms with Crippen molar-refractivity contribution in [3.8, 4) is 0 Å². The number of hydrogen-bond donors (Lipinski definition) is 2. The van der Waals surface area contributed by atoms with E-state index in [0.29, 0.717) is 18.7 Å². The molecular weight excluding hydrogens is 309 g/mol. The van der Waals surface area contributed by atoms with E-state index in [9.17, 15) is 14.0 Å². The molecule has 6 heteroatoms. The zero-order chi connectivity index (χ0) is 17.3. The number of nitrogens with zero attached hydrogens (tertiary/aromatic N) is 1. The summed E-state index contributed by atoms with van der Waals surface area (Å²) in [5.41, 5.74) is 6.33. The molecule has 0 spiro atoms. The van der Waals surface area contributed by atoms with Crippen molar-refractivity contribution in [2.45, 2.75) is 31.7 Å². The van der Waals surface area contributed by atoms with Crippen LogP contribution in [0.15, 0.2) is 36.5 Å². The fourth-order valence-electron chi connectivity index (χ4n) is 3.45. The molecule has 2 amide bonds. The number of carbonyl (C=O) groups excluding carboxylic acids is 2. The topological polar surface area (TPSA) is 79.2 Å². The Morgan fingerprint density at radius 1 is 1.38 bits per heavy atom. The van der Waals surface area contributed by atoms with Crippen LogP contribution in [0.2, 0.25) is 0 Å². The van der Waals surface area contributed by atoms with Gasteiger partial charge in [-0.25, -0.2) is 4.39 Å².